The number of amides is 2. The molecule has 0 unspecified atom stereocenters. The molecule has 3 rings (SSSR count). The van der Waals surface area contributed by atoms with Crippen LogP contribution in [0.15, 0.2) is 30.9 Å². The summed E-state index contributed by atoms with van der Waals surface area (Å²) in [5.41, 5.74) is 1.71. The second kappa shape index (κ2) is 6.59. The lowest BCUT2D eigenvalue weighted by molar-refractivity contribution is 0.0942. The van der Waals surface area contributed by atoms with Crippen molar-refractivity contribution in [3.8, 4) is 0 Å². The highest BCUT2D eigenvalue weighted by molar-refractivity contribution is 6.07. The van der Waals surface area contributed by atoms with E-state index in [9.17, 15) is 9.59 Å². The first-order valence-electron chi connectivity index (χ1n) is 7.53. The number of aromatic nitrogens is 6. The third-order valence-corrected chi connectivity index (χ3v) is 3.56. The van der Waals surface area contributed by atoms with E-state index in [1.54, 1.807) is 44.3 Å². The summed E-state index contributed by atoms with van der Waals surface area (Å²) in [6.45, 7) is 0.325. The van der Waals surface area contributed by atoms with Crippen molar-refractivity contribution in [1.82, 2.24) is 34.7 Å². The predicted molar refractivity (Wildman–Crippen MR) is 88.7 cm³/mol. The Kier molecular flexibility index (Phi) is 4.33. The molecule has 0 fully saturated rings. The molecule has 10 nitrogen and oxygen atoms in total. The van der Waals surface area contributed by atoms with E-state index >= 15 is 0 Å². The fourth-order valence-corrected chi connectivity index (χ4v) is 2.35. The van der Waals surface area contributed by atoms with E-state index in [4.69, 9.17) is 0 Å². The van der Waals surface area contributed by atoms with Crippen molar-refractivity contribution in [2.75, 3.05) is 5.32 Å². The van der Waals surface area contributed by atoms with Gasteiger partial charge in [0.1, 0.15) is 5.69 Å². The molecule has 0 spiro atoms. The minimum absolute atomic E-state index is 0.257. The van der Waals surface area contributed by atoms with E-state index < -0.39 is 5.91 Å². The van der Waals surface area contributed by atoms with Gasteiger partial charge in [0.2, 0.25) is 0 Å². The van der Waals surface area contributed by atoms with Crippen molar-refractivity contribution >= 4 is 17.5 Å². The number of hydrogen-bond donors (Lipinski definition) is 2. The molecule has 2 amide bonds. The fraction of sp³-hybridized carbons (Fsp3) is 0.267. The van der Waals surface area contributed by atoms with E-state index in [0.29, 0.717) is 12.2 Å². The van der Waals surface area contributed by atoms with Crippen molar-refractivity contribution in [2.24, 2.45) is 21.1 Å². The first-order valence-corrected chi connectivity index (χ1v) is 7.53. The molecule has 3 heterocycles. The first kappa shape index (κ1) is 16.4. The SMILES string of the molecule is Cn1cc(CNC(=O)c2c(NC(=O)c3ccn(C)n3)cnn2C)cn1. The largest absolute Gasteiger partial charge is 0.346 e. The Labute approximate surface area is 143 Å². The van der Waals surface area contributed by atoms with Crippen LogP contribution in [0.4, 0.5) is 5.69 Å². The van der Waals surface area contributed by atoms with Gasteiger partial charge >= 0.3 is 0 Å². The fourth-order valence-electron chi connectivity index (χ4n) is 2.35. The topological polar surface area (TPSA) is 112 Å². The van der Waals surface area contributed by atoms with E-state index in [2.05, 4.69) is 25.9 Å². The van der Waals surface area contributed by atoms with E-state index in [1.807, 2.05) is 6.20 Å². The lowest BCUT2D eigenvalue weighted by atomic mass is 10.3. The van der Waals surface area contributed by atoms with Gasteiger partial charge in [0.25, 0.3) is 11.8 Å². The molecule has 0 bridgehead atoms. The molecular weight excluding hydrogens is 324 g/mol. The van der Waals surface area contributed by atoms with Crippen molar-refractivity contribution in [1.29, 1.82) is 0 Å². The molecule has 0 radical (unpaired) electrons. The summed E-state index contributed by atoms with van der Waals surface area (Å²) in [5.74, 6) is -0.755. The molecule has 130 valence electrons. The molecule has 0 aliphatic carbocycles. The van der Waals surface area contributed by atoms with Crippen molar-refractivity contribution < 1.29 is 9.59 Å². The maximum absolute atomic E-state index is 12.5. The maximum Gasteiger partial charge on any atom is 0.276 e. The van der Waals surface area contributed by atoms with Crippen LogP contribution >= 0.6 is 0 Å². The number of carbonyl (C=O) groups is 2. The average molecular weight is 342 g/mol. The molecule has 0 aliphatic heterocycles. The molecule has 25 heavy (non-hydrogen) atoms. The van der Waals surface area contributed by atoms with Gasteiger partial charge in [-0.15, -0.1) is 0 Å². The molecule has 2 N–H and O–H groups in total. The third-order valence-electron chi connectivity index (χ3n) is 3.56. The monoisotopic (exact) mass is 342 g/mol. The van der Waals surface area contributed by atoms with Crippen molar-refractivity contribution in [2.45, 2.75) is 6.54 Å². The lowest BCUT2D eigenvalue weighted by Crippen LogP contribution is -2.26. The first-order chi connectivity index (χ1) is 11.9. The highest BCUT2D eigenvalue weighted by atomic mass is 16.2. The van der Waals surface area contributed by atoms with Gasteiger partial charge in [0.05, 0.1) is 18.1 Å². The van der Waals surface area contributed by atoms with Gasteiger partial charge in [0, 0.05) is 45.6 Å². The van der Waals surface area contributed by atoms with Gasteiger partial charge in [0.15, 0.2) is 5.69 Å². The highest BCUT2D eigenvalue weighted by Crippen LogP contribution is 2.15. The van der Waals surface area contributed by atoms with E-state index in [-0.39, 0.29) is 17.3 Å². The van der Waals surface area contributed by atoms with Crippen LogP contribution in [0.3, 0.4) is 0 Å². The normalized spacial score (nSPS) is 10.7. The zero-order chi connectivity index (χ0) is 18.0. The summed E-state index contributed by atoms with van der Waals surface area (Å²) in [6, 6.07) is 1.59. The summed E-state index contributed by atoms with van der Waals surface area (Å²) in [7, 11) is 5.16. The van der Waals surface area contributed by atoms with Crippen LogP contribution < -0.4 is 10.6 Å². The average Bonchev–Trinajstić information content (AvgIpc) is 3.26. The Balaban J connectivity index is 1.72. The Morgan fingerprint density at radius 2 is 1.88 bits per heavy atom. The quantitative estimate of drug-likeness (QED) is 0.681. The van der Waals surface area contributed by atoms with Gasteiger partial charge in [-0.3, -0.25) is 23.6 Å². The van der Waals surface area contributed by atoms with E-state index in [0.717, 1.165) is 5.56 Å². The third kappa shape index (κ3) is 3.57. The lowest BCUT2D eigenvalue weighted by Gasteiger charge is -2.07. The number of hydrogen-bond acceptors (Lipinski definition) is 5. The molecular formula is C15H18N8O2. The number of carbonyl (C=O) groups excluding carboxylic acids is 2. The number of nitrogens with zero attached hydrogens (tertiary/aromatic N) is 6. The van der Waals surface area contributed by atoms with Crippen molar-refractivity contribution in [3.63, 3.8) is 0 Å². The van der Waals surface area contributed by atoms with Crippen LogP contribution in [0.25, 0.3) is 0 Å². The molecule has 0 atom stereocenters. The molecule has 0 aliphatic rings. The Morgan fingerprint density at radius 3 is 2.52 bits per heavy atom. The summed E-state index contributed by atoms with van der Waals surface area (Å²) < 4.78 is 4.59. The van der Waals surface area contributed by atoms with Gasteiger partial charge < -0.3 is 10.6 Å². The minimum Gasteiger partial charge on any atom is -0.346 e. The number of rotatable bonds is 5. The molecule has 3 aromatic heterocycles. The zero-order valence-corrected chi connectivity index (χ0v) is 14.1. The highest BCUT2D eigenvalue weighted by Gasteiger charge is 2.20. The van der Waals surface area contributed by atoms with Crippen LogP contribution in [0, 0.1) is 0 Å². The second-order valence-corrected chi connectivity index (χ2v) is 5.56. The van der Waals surface area contributed by atoms with Crippen LogP contribution in [-0.2, 0) is 27.7 Å². The van der Waals surface area contributed by atoms with Crippen LogP contribution in [-0.4, -0.2) is 41.2 Å². The van der Waals surface area contributed by atoms with Crippen molar-refractivity contribution in [3.05, 3.63) is 47.8 Å². The zero-order valence-electron chi connectivity index (χ0n) is 14.1. The van der Waals surface area contributed by atoms with Gasteiger partial charge in [-0.05, 0) is 6.07 Å². The summed E-state index contributed by atoms with van der Waals surface area (Å²) in [5, 5.41) is 17.6. The van der Waals surface area contributed by atoms with Gasteiger partial charge in [-0.25, -0.2) is 0 Å². The Hall–Kier alpha value is -3.43. The molecule has 0 aromatic carbocycles. The molecule has 0 saturated heterocycles. The standard InChI is InChI=1S/C15H18N8O2/c1-21-5-4-11(20-21)14(24)19-12-8-18-23(3)13(12)15(25)16-6-10-7-17-22(2)9-10/h4-5,7-9H,6H2,1-3H3,(H,16,25)(H,19,24). The van der Waals surface area contributed by atoms with Crippen LogP contribution in [0.2, 0.25) is 0 Å². The Morgan fingerprint density at radius 1 is 1.08 bits per heavy atom. The summed E-state index contributed by atoms with van der Waals surface area (Å²) in [6.07, 6.45) is 6.58. The maximum atomic E-state index is 12.5. The smallest absolute Gasteiger partial charge is 0.276 e. The molecule has 0 saturated carbocycles. The van der Waals surface area contributed by atoms with Crippen LogP contribution in [0.5, 0.6) is 0 Å². The minimum atomic E-state index is -0.407. The van der Waals surface area contributed by atoms with E-state index in [1.165, 1.54) is 15.6 Å². The van der Waals surface area contributed by atoms with Crippen LogP contribution in [0.1, 0.15) is 26.5 Å². The number of anilines is 1. The van der Waals surface area contributed by atoms with Gasteiger partial charge in [-0.2, -0.15) is 15.3 Å². The predicted octanol–water partition coefficient (Wildman–Crippen LogP) is 0.0694. The Bertz CT molecular complexity index is 920. The summed E-state index contributed by atoms with van der Waals surface area (Å²) >= 11 is 0. The second-order valence-electron chi connectivity index (χ2n) is 5.56. The molecule has 10 heteroatoms. The summed E-state index contributed by atoms with van der Waals surface area (Å²) in [4.78, 5) is 24.7. The number of aryl methyl sites for hydroxylation is 3. The molecule has 3 aromatic rings. The number of nitrogens with one attached hydrogen (secondary N) is 2. The van der Waals surface area contributed by atoms with Gasteiger partial charge in [-0.1, -0.05) is 0 Å².